The highest BCUT2D eigenvalue weighted by molar-refractivity contribution is 7.20. The molecule has 3 N–H and O–H groups in total. The van der Waals surface area contributed by atoms with Crippen molar-refractivity contribution < 1.29 is 9.13 Å². The molecule has 9 heteroatoms. The number of nitrogens with two attached hydrogens (primary N) is 1. The van der Waals surface area contributed by atoms with Gasteiger partial charge in [-0.15, -0.1) is 23.7 Å². The van der Waals surface area contributed by atoms with Crippen molar-refractivity contribution in [1.29, 1.82) is 0 Å². The van der Waals surface area contributed by atoms with Crippen LogP contribution in [0.1, 0.15) is 29.4 Å². The lowest BCUT2D eigenvalue weighted by molar-refractivity contribution is 0.00244. The van der Waals surface area contributed by atoms with Crippen molar-refractivity contribution in [2.45, 2.75) is 31.5 Å². The molecule has 3 heterocycles. The van der Waals surface area contributed by atoms with E-state index in [0.717, 1.165) is 28.1 Å². The molecule has 1 aromatic carbocycles. The van der Waals surface area contributed by atoms with Crippen LogP contribution in [0, 0.1) is 5.82 Å². The summed E-state index contributed by atoms with van der Waals surface area (Å²) in [5.41, 5.74) is 8.18. The van der Waals surface area contributed by atoms with E-state index in [1.165, 1.54) is 17.4 Å². The van der Waals surface area contributed by atoms with Crippen LogP contribution >= 0.6 is 46.9 Å². The number of anilines is 1. The van der Waals surface area contributed by atoms with Crippen molar-refractivity contribution in [3.8, 4) is 0 Å². The molecule has 3 aromatic rings. The monoisotopic (exact) mass is 461 g/mol. The van der Waals surface area contributed by atoms with Crippen LogP contribution in [0.5, 0.6) is 0 Å². The predicted molar refractivity (Wildman–Crippen MR) is 117 cm³/mol. The fraction of sp³-hybridized carbons (Fsp3) is 0.316. The molecule has 0 saturated carbocycles. The number of thiophene rings is 1. The second-order valence-electron chi connectivity index (χ2n) is 6.49. The van der Waals surface area contributed by atoms with Gasteiger partial charge < -0.3 is 15.8 Å². The van der Waals surface area contributed by atoms with Crippen LogP contribution in [0.25, 0.3) is 10.2 Å². The Hall–Kier alpha value is -1.15. The van der Waals surface area contributed by atoms with Crippen molar-refractivity contribution in [2.75, 3.05) is 11.9 Å². The second-order valence-corrected chi connectivity index (χ2v) is 8.31. The highest BCUT2D eigenvalue weighted by atomic mass is 35.5. The zero-order valence-corrected chi connectivity index (χ0v) is 17.9. The first-order valence-electron chi connectivity index (χ1n) is 8.67. The Morgan fingerprint density at radius 3 is 2.86 bits per heavy atom. The van der Waals surface area contributed by atoms with Crippen LogP contribution in [0.2, 0.25) is 10.2 Å². The summed E-state index contributed by atoms with van der Waals surface area (Å²) in [4.78, 5) is 5.25. The average Bonchev–Trinajstić information content (AvgIpc) is 2.98. The SMILES string of the molecule is Cl.NC1CCCOC1c1sc2c(NCc3ccccc3F)cc(Cl)nc2c1Cl. The highest BCUT2D eigenvalue weighted by Crippen LogP contribution is 2.45. The minimum Gasteiger partial charge on any atom is -0.380 e. The topological polar surface area (TPSA) is 60.2 Å². The number of hydrogen-bond acceptors (Lipinski definition) is 5. The molecule has 0 radical (unpaired) electrons. The number of pyridine rings is 1. The lowest BCUT2D eigenvalue weighted by Gasteiger charge is -2.28. The van der Waals surface area contributed by atoms with Gasteiger partial charge in [0, 0.05) is 30.8 Å². The maximum atomic E-state index is 13.9. The van der Waals surface area contributed by atoms with Gasteiger partial charge in [-0.3, -0.25) is 0 Å². The van der Waals surface area contributed by atoms with Gasteiger partial charge in [0.1, 0.15) is 22.6 Å². The van der Waals surface area contributed by atoms with Gasteiger partial charge in [0.25, 0.3) is 0 Å². The van der Waals surface area contributed by atoms with Crippen LogP contribution in [0.4, 0.5) is 10.1 Å². The standard InChI is InChI=1S/C19H18Cl2FN3OS.ClH/c20-14-8-13(24-9-10-4-1-2-5-11(10)22)18-16(25-14)15(21)19(27-18)17-12(23)6-3-7-26-17;/h1-2,4-5,8,12,17H,3,6-7,9,23H2,(H,24,25);1H. The Kier molecular flexibility index (Phi) is 7.02. The molecule has 1 aliphatic heterocycles. The molecular weight excluding hydrogens is 444 g/mol. The molecule has 150 valence electrons. The van der Waals surface area contributed by atoms with Crippen molar-refractivity contribution in [3.05, 3.63) is 56.8 Å². The summed E-state index contributed by atoms with van der Waals surface area (Å²) in [5.74, 6) is -0.257. The summed E-state index contributed by atoms with van der Waals surface area (Å²) in [6, 6.07) is 8.27. The zero-order valence-electron chi connectivity index (χ0n) is 14.8. The Bertz CT molecular complexity index is 984. The molecule has 0 amide bonds. The van der Waals surface area contributed by atoms with E-state index in [1.54, 1.807) is 24.3 Å². The van der Waals surface area contributed by atoms with Gasteiger partial charge in [0.05, 0.1) is 20.3 Å². The molecule has 0 aliphatic carbocycles. The number of nitrogens with zero attached hydrogens (tertiary/aromatic N) is 1. The van der Waals surface area contributed by atoms with Gasteiger partial charge in [-0.2, -0.15) is 0 Å². The van der Waals surface area contributed by atoms with Crippen LogP contribution in [0.3, 0.4) is 0 Å². The van der Waals surface area contributed by atoms with E-state index in [-0.39, 0.29) is 30.4 Å². The summed E-state index contributed by atoms with van der Waals surface area (Å²) >= 11 is 14.3. The first-order chi connectivity index (χ1) is 13.0. The van der Waals surface area contributed by atoms with Crippen molar-refractivity contribution in [2.24, 2.45) is 5.73 Å². The smallest absolute Gasteiger partial charge is 0.131 e. The number of aromatic nitrogens is 1. The van der Waals surface area contributed by atoms with Crippen LogP contribution in [-0.2, 0) is 11.3 Å². The molecule has 2 aromatic heterocycles. The van der Waals surface area contributed by atoms with E-state index in [1.807, 2.05) is 0 Å². The fourth-order valence-corrected chi connectivity index (χ4v) is 5.11. The summed E-state index contributed by atoms with van der Waals surface area (Å²) in [7, 11) is 0. The Balaban J connectivity index is 0.00000225. The van der Waals surface area contributed by atoms with Gasteiger partial charge in [-0.05, 0) is 18.9 Å². The lowest BCUT2D eigenvalue weighted by Crippen LogP contribution is -2.34. The van der Waals surface area contributed by atoms with Crippen LogP contribution in [0.15, 0.2) is 30.3 Å². The third-order valence-corrected chi connectivity index (χ3v) is 6.59. The molecule has 0 bridgehead atoms. The van der Waals surface area contributed by atoms with E-state index in [4.69, 9.17) is 33.7 Å². The third-order valence-electron chi connectivity index (χ3n) is 4.63. The molecule has 0 spiro atoms. The largest absolute Gasteiger partial charge is 0.380 e. The maximum Gasteiger partial charge on any atom is 0.131 e. The molecule has 1 saturated heterocycles. The fourth-order valence-electron chi connectivity index (χ4n) is 3.25. The number of fused-ring (bicyclic) bond motifs is 1. The van der Waals surface area contributed by atoms with E-state index in [9.17, 15) is 4.39 Å². The van der Waals surface area contributed by atoms with Gasteiger partial charge in [-0.1, -0.05) is 41.4 Å². The van der Waals surface area contributed by atoms with Crippen LogP contribution < -0.4 is 11.1 Å². The maximum absolute atomic E-state index is 13.9. The normalized spacial score (nSPS) is 19.4. The van der Waals surface area contributed by atoms with Gasteiger partial charge in [0.15, 0.2) is 0 Å². The van der Waals surface area contributed by atoms with E-state index < -0.39 is 0 Å². The third kappa shape index (κ3) is 4.22. The van der Waals surface area contributed by atoms with Gasteiger partial charge >= 0.3 is 0 Å². The van der Waals surface area contributed by atoms with E-state index in [0.29, 0.717) is 34.4 Å². The summed E-state index contributed by atoms with van der Waals surface area (Å²) in [5, 5.41) is 4.10. The summed E-state index contributed by atoms with van der Waals surface area (Å²) in [6.07, 6.45) is 1.59. The minimum atomic E-state index is -0.257. The molecule has 2 atom stereocenters. The number of rotatable bonds is 4. The Morgan fingerprint density at radius 1 is 1.32 bits per heavy atom. The van der Waals surface area contributed by atoms with Crippen LogP contribution in [-0.4, -0.2) is 17.6 Å². The summed E-state index contributed by atoms with van der Waals surface area (Å²) < 4.78 is 20.6. The van der Waals surface area contributed by atoms with Crippen molar-refractivity contribution >= 4 is 62.8 Å². The average molecular weight is 463 g/mol. The van der Waals surface area contributed by atoms with E-state index >= 15 is 0 Å². The first-order valence-corrected chi connectivity index (χ1v) is 10.2. The molecule has 4 rings (SSSR count). The molecule has 2 unspecified atom stereocenters. The summed E-state index contributed by atoms with van der Waals surface area (Å²) in [6.45, 7) is 0.988. The number of ether oxygens (including phenoxy) is 1. The lowest BCUT2D eigenvalue weighted by atomic mass is 10.0. The Labute approximate surface area is 182 Å². The van der Waals surface area contributed by atoms with Gasteiger partial charge in [0.2, 0.25) is 0 Å². The Morgan fingerprint density at radius 2 is 2.11 bits per heavy atom. The molecule has 4 nitrogen and oxygen atoms in total. The molecule has 1 fully saturated rings. The van der Waals surface area contributed by atoms with Crippen molar-refractivity contribution in [1.82, 2.24) is 4.98 Å². The predicted octanol–water partition coefficient (Wildman–Crippen LogP) is 5.95. The molecule has 1 aliphatic rings. The second kappa shape index (κ2) is 9.11. The number of hydrogen-bond donors (Lipinski definition) is 2. The minimum absolute atomic E-state index is 0. The number of nitrogens with one attached hydrogen (secondary N) is 1. The zero-order chi connectivity index (χ0) is 19.0. The highest BCUT2D eigenvalue weighted by Gasteiger charge is 2.30. The first kappa shape index (κ1) is 21.6. The van der Waals surface area contributed by atoms with Crippen molar-refractivity contribution in [3.63, 3.8) is 0 Å². The van der Waals surface area contributed by atoms with E-state index in [2.05, 4.69) is 10.3 Å². The quantitative estimate of drug-likeness (QED) is 0.470. The molecular formula is C19H19Cl3FN3OS. The number of benzene rings is 1. The number of halogens is 4. The molecule has 28 heavy (non-hydrogen) atoms. The van der Waals surface area contributed by atoms with Gasteiger partial charge in [-0.25, -0.2) is 9.37 Å².